The molecule has 0 bridgehead atoms. The van der Waals surface area contributed by atoms with E-state index in [0.717, 1.165) is 31.5 Å². The van der Waals surface area contributed by atoms with Gasteiger partial charge in [-0.05, 0) is 44.5 Å². The minimum Gasteiger partial charge on any atom is -0.508 e. The second-order valence-corrected chi connectivity index (χ2v) is 5.31. The number of piperidine rings is 1. The van der Waals surface area contributed by atoms with Gasteiger partial charge in [0.1, 0.15) is 5.75 Å². The molecule has 1 fully saturated rings. The Morgan fingerprint density at radius 3 is 3.00 bits per heavy atom. The van der Waals surface area contributed by atoms with E-state index in [1.54, 1.807) is 19.2 Å². The third kappa shape index (κ3) is 2.97. The highest BCUT2D eigenvalue weighted by Crippen LogP contribution is 2.32. The van der Waals surface area contributed by atoms with Crippen molar-refractivity contribution >= 4 is 11.6 Å². The molecule has 0 radical (unpaired) electrons. The maximum Gasteiger partial charge on any atom is 0.120 e. The van der Waals surface area contributed by atoms with E-state index in [9.17, 15) is 5.11 Å². The largest absolute Gasteiger partial charge is 0.508 e. The molecule has 0 amide bonds. The Morgan fingerprint density at radius 1 is 1.50 bits per heavy atom. The maximum atomic E-state index is 9.94. The van der Waals surface area contributed by atoms with E-state index >= 15 is 0 Å². The molecule has 1 N–H and O–H groups in total. The Labute approximate surface area is 113 Å². The number of hydrogen-bond donors (Lipinski definition) is 1. The van der Waals surface area contributed by atoms with Gasteiger partial charge in [0.05, 0.1) is 6.10 Å². The zero-order valence-electron chi connectivity index (χ0n) is 10.9. The van der Waals surface area contributed by atoms with Gasteiger partial charge >= 0.3 is 0 Å². The van der Waals surface area contributed by atoms with Crippen LogP contribution in [0, 0.1) is 0 Å². The zero-order valence-corrected chi connectivity index (χ0v) is 11.7. The molecule has 2 unspecified atom stereocenters. The maximum absolute atomic E-state index is 9.94. The highest BCUT2D eigenvalue weighted by Gasteiger charge is 2.25. The number of phenolic OH excluding ortho intramolecular Hbond substituents is 1. The van der Waals surface area contributed by atoms with Gasteiger partial charge < -0.3 is 9.84 Å². The summed E-state index contributed by atoms with van der Waals surface area (Å²) >= 11 is 6.00. The highest BCUT2D eigenvalue weighted by atomic mass is 35.5. The van der Waals surface area contributed by atoms with Crippen LogP contribution < -0.4 is 0 Å². The molecular formula is C14H20ClNO2. The fourth-order valence-electron chi connectivity index (χ4n) is 2.57. The van der Waals surface area contributed by atoms with Crippen LogP contribution in [0.2, 0.25) is 5.02 Å². The van der Waals surface area contributed by atoms with Crippen LogP contribution >= 0.6 is 11.6 Å². The Balaban J connectivity index is 2.14. The van der Waals surface area contributed by atoms with Crippen molar-refractivity contribution in [3.8, 4) is 5.75 Å². The number of ether oxygens (including phenoxy) is 1. The molecule has 1 aliphatic heterocycles. The summed E-state index contributed by atoms with van der Waals surface area (Å²) in [7, 11) is 1.76. The molecule has 3 nitrogen and oxygen atoms in total. The Bertz CT molecular complexity index is 411. The number of likely N-dealkylation sites (tertiary alicyclic amines) is 1. The van der Waals surface area contributed by atoms with Crippen molar-refractivity contribution in [2.75, 3.05) is 20.2 Å². The van der Waals surface area contributed by atoms with Crippen LogP contribution in [0.1, 0.15) is 31.4 Å². The van der Waals surface area contributed by atoms with Crippen molar-refractivity contribution in [3.63, 3.8) is 0 Å². The second kappa shape index (κ2) is 5.91. The van der Waals surface area contributed by atoms with E-state index < -0.39 is 0 Å². The third-order valence-corrected chi connectivity index (χ3v) is 3.97. The monoisotopic (exact) mass is 269 g/mol. The normalized spacial score (nSPS) is 22.9. The van der Waals surface area contributed by atoms with Crippen molar-refractivity contribution in [2.45, 2.75) is 31.9 Å². The van der Waals surface area contributed by atoms with Gasteiger partial charge in [-0.2, -0.15) is 0 Å². The van der Waals surface area contributed by atoms with Crippen LogP contribution in [-0.2, 0) is 4.74 Å². The number of nitrogens with zero attached hydrogens (tertiary/aromatic N) is 1. The van der Waals surface area contributed by atoms with Gasteiger partial charge in [0, 0.05) is 30.3 Å². The first-order valence-electron chi connectivity index (χ1n) is 6.37. The van der Waals surface area contributed by atoms with Gasteiger partial charge in [-0.3, -0.25) is 4.90 Å². The lowest BCUT2D eigenvalue weighted by atomic mass is 10.0. The lowest BCUT2D eigenvalue weighted by molar-refractivity contribution is 0.0167. The molecule has 0 saturated carbocycles. The number of aromatic hydroxyl groups is 1. The molecule has 2 rings (SSSR count). The second-order valence-electron chi connectivity index (χ2n) is 4.87. The molecule has 0 aliphatic carbocycles. The van der Waals surface area contributed by atoms with Crippen molar-refractivity contribution in [2.24, 2.45) is 0 Å². The van der Waals surface area contributed by atoms with E-state index in [1.165, 1.54) is 0 Å². The SMILES string of the molecule is COC1CCCN(C(C)c2cc(Cl)ccc2O)C1. The summed E-state index contributed by atoms with van der Waals surface area (Å²) in [6.07, 6.45) is 2.54. The van der Waals surface area contributed by atoms with Gasteiger partial charge in [-0.15, -0.1) is 0 Å². The van der Waals surface area contributed by atoms with Crippen molar-refractivity contribution < 1.29 is 9.84 Å². The topological polar surface area (TPSA) is 32.7 Å². The average molecular weight is 270 g/mol. The number of benzene rings is 1. The molecule has 1 aromatic rings. The standard InChI is InChI=1S/C14H20ClNO2/c1-10(13-8-11(15)5-6-14(13)17)16-7-3-4-12(9-16)18-2/h5-6,8,10,12,17H,3-4,7,9H2,1-2H3. The molecule has 1 heterocycles. The lowest BCUT2D eigenvalue weighted by Crippen LogP contribution is -2.40. The number of rotatable bonds is 3. The lowest BCUT2D eigenvalue weighted by Gasteiger charge is -2.36. The van der Waals surface area contributed by atoms with Crippen LogP contribution in [0.15, 0.2) is 18.2 Å². The molecule has 4 heteroatoms. The molecule has 18 heavy (non-hydrogen) atoms. The summed E-state index contributed by atoms with van der Waals surface area (Å²) in [6, 6.07) is 5.37. The van der Waals surface area contributed by atoms with Crippen LogP contribution in [0.25, 0.3) is 0 Å². The smallest absolute Gasteiger partial charge is 0.120 e. The van der Waals surface area contributed by atoms with Crippen LogP contribution in [0.4, 0.5) is 0 Å². The fourth-order valence-corrected chi connectivity index (χ4v) is 2.75. The minimum absolute atomic E-state index is 0.154. The van der Waals surface area contributed by atoms with Crippen molar-refractivity contribution in [1.29, 1.82) is 0 Å². The summed E-state index contributed by atoms with van der Waals surface area (Å²) in [4.78, 5) is 2.34. The number of phenols is 1. The van der Waals surface area contributed by atoms with Crippen LogP contribution in [0.3, 0.4) is 0 Å². The molecule has 100 valence electrons. The first-order valence-corrected chi connectivity index (χ1v) is 6.75. The van der Waals surface area contributed by atoms with Crippen molar-refractivity contribution in [3.05, 3.63) is 28.8 Å². The Hall–Kier alpha value is -0.770. The molecule has 1 aliphatic rings. The Kier molecular flexibility index (Phi) is 4.49. The van der Waals surface area contributed by atoms with E-state index in [1.807, 2.05) is 6.07 Å². The molecule has 1 aromatic carbocycles. The molecule has 1 saturated heterocycles. The minimum atomic E-state index is 0.154. The number of halogens is 1. The van der Waals surface area contributed by atoms with Crippen LogP contribution in [0.5, 0.6) is 5.75 Å². The van der Waals surface area contributed by atoms with Gasteiger partial charge in [0.15, 0.2) is 0 Å². The van der Waals surface area contributed by atoms with E-state index in [-0.39, 0.29) is 6.04 Å². The van der Waals surface area contributed by atoms with Gasteiger partial charge in [0.2, 0.25) is 0 Å². The number of methoxy groups -OCH3 is 1. The third-order valence-electron chi connectivity index (χ3n) is 3.73. The van der Waals surface area contributed by atoms with E-state index in [0.29, 0.717) is 16.9 Å². The quantitative estimate of drug-likeness (QED) is 0.915. The summed E-state index contributed by atoms with van der Waals surface area (Å²) < 4.78 is 5.43. The highest BCUT2D eigenvalue weighted by molar-refractivity contribution is 6.30. The van der Waals surface area contributed by atoms with E-state index in [2.05, 4.69) is 11.8 Å². The number of hydrogen-bond acceptors (Lipinski definition) is 3. The fraction of sp³-hybridized carbons (Fsp3) is 0.571. The van der Waals surface area contributed by atoms with Crippen molar-refractivity contribution in [1.82, 2.24) is 4.90 Å². The molecule has 0 spiro atoms. The molecule has 2 atom stereocenters. The molecular weight excluding hydrogens is 250 g/mol. The molecule has 0 aromatic heterocycles. The average Bonchev–Trinajstić information content (AvgIpc) is 2.41. The summed E-state index contributed by atoms with van der Waals surface area (Å²) in [6.45, 7) is 4.04. The van der Waals surface area contributed by atoms with Gasteiger partial charge in [-0.1, -0.05) is 11.6 Å². The van der Waals surface area contributed by atoms with Crippen LogP contribution in [-0.4, -0.2) is 36.3 Å². The summed E-state index contributed by atoms with van der Waals surface area (Å²) in [5, 5.41) is 10.6. The predicted octanol–water partition coefficient (Wildman–Crippen LogP) is 3.22. The predicted molar refractivity (Wildman–Crippen MR) is 73.1 cm³/mol. The summed E-state index contributed by atoms with van der Waals surface area (Å²) in [5.74, 6) is 0.312. The van der Waals surface area contributed by atoms with Gasteiger partial charge in [-0.25, -0.2) is 0 Å². The first-order chi connectivity index (χ1) is 8.61. The Morgan fingerprint density at radius 2 is 2.28 bits per heavy atom. The van der Waals surface area contributed by atoms with Gasteiger partial charge in [0.25, 0.3) is 0 Å². The first kappa shape index (κ1) is 13.7. The summed E-state index contributed by atoms with van der Waals surface area (Å²) in [5.41, 5.74) is 0.888. The van der Waals surface area contributed by atoms with E-state index in [4.69, 9.17) is 16.3 Å². The zero-order chi connectivity index (χ0) is 13.1.